The average Bonchev–Trinajstić information content (AvgIpc) is 3.47. The fourth-order valence-corrected chi connectivity index (χ4v) is 5.45. The third-order valence-electron chi connectivity index (χ3n) is 7.88. The van der Waals surface area contributed by atoms with Gasteiger partial charge in [0.1, 0.15) is 41.9 Å². The van der Waals surface area contributed by atoms with Crippen molar-refractivity contribution in [2.75, 3.05) is 6.61 Å². The third kappa shape index (κ3) is 5.19. The van der Waals surface area contributed by atoms with Crippen molar-refractivity contribution in [3.8, 4) is 11.5 Å². The summed E-state index contributed by atoms with van der Waals surface area (Å²) >= 11 is 0. The zero-order chi connectivity index (χ0) is 26.2. The summed E-state index contributed by atoms with van der Waals surface area (Å²) in [6.07, 6.45) is 1.01. The maximum absolute atomic E-state index is 12.4. The Labute approximate surface area is 218 Å². The number of rotatable bonds is 8. The molecule has 3 aromatic rings. The highest BCUT2D eigenvalue weighted by Crippen LogP contribution is 2.42. The van der Waals surface area contributed by atoms with Crippen molar-refractivity contribution in [1.82, 2.24) is 0 Å². The van der Waals surface area contributed by atoms with Crippen molar-refractivity contribution in [3.63, 3.8) is 0 Å². The molecule has 1 saturated heterocycles. The summed E-state index contributed by atoms with van der Waals surface area (Å²) in [4.78, 5) is 24.9. The molecule has 2 aliphatic rings. The fraction of sp³-hybridized carbons (Fsp3) is 0.375. The number of hydrogen-bond acceptors (Lipinski definition) is 5. The maximum atomic E-state index is 12.4. The Morgan fingerprint density at radius 2 is 1.43 bits per heavy atom. The highest BCUT2D eigenvalue weighted by molar-refractivity contribution is 6.06. The van der Waals surface area contributed by atoms with Crippen molar-refractivity contribution in [2.24, 2.45) is 5.41 Å². The highest BCUT2D eigenvalue weighted by atomic mass is 16.6. The molecular weight excluding hydrogens is 464 g/mol. The minimum absolute atomic E-state index is 0.0604. The lowest BCUT2D eigenvalue weighted by molar-refractivity contribution is -0.137. The number of ketones is 2. The molecule has 3 aromatic carbocycles. The second-order valence-electron chi connectivity index (χ2n) is 10.6. The Kier molecular flexibility index (Phi) is 6.91. The zero-order valence-corrected chi connectivity index (χ0v) is 22.0. The summed E-state index contributed by atoms with van der Waals surface area (Å²) in [5, 5.41) is 0. The van der Waals surface area contributed by atoms with Crippen molar-refractivity contribution in [1.29, 1.82) is 0 Å². The summed E-state index contributed by atoms with van der Waals surface area (Å²) in [5.74, 6) is 1.49. The molecular formula is C32H34O5. The molecule has 0 radical (unpaired) electrons. The van der Waals surface area contributed by atoms with E-state index in [-0.39, 0.29) is 29.9 Å². The highest BCUT2D eigenvalue weighted by Gasteiger charge is 2.46. The van der Waals surface area contributed by atoms with E-state index in [1.54, 1.807) is 0 Å². The largest absolute Gasteiger partial charge is 0.491 e. The van der Waals surface area contributed by atoms with Crippen LogP contribution < -0.4 is 9.47 Å². The van der Waals surface area contributed by atoms with E-state index in [0.717, 1.165) is 28.2 Å². The van der Waals surface area contributed by atoms with Gasteiger partial charge in [0, 0.05) is 6.42 Å². The van der Waals surface area contributed by atoms with Crippen molar-refractivity contribution in [3.05, 3.63) is 94.5 Å². The molecule has 0 amide bonds. The maximum Gasteiger partial charge on any atom is 0.144 e. The molecule has 37 heavy (non-hydrogen) atoms. The monoisotopic (exact) mass is 498 g/mol. The number of fused-ring (bicyclic) bond motifs is 1. The van der Waals surface area contributed by atoms with Gasteiger partial charge in [0.15, 0.2) is 0 Å². The van der Waals surface area contributed by atoms with Crippen LogP contribution in [0.4, 0.5) is 0 Å². The van der Waals surface area contributed by atoms with E-state index in [1.807, 2.05) is 61.5 Å². The lowest BCUT2D eigenvalue weighted by Crippen LogP contribution is -2.37. The standard InChI is InChI=1S/C32H34O5/c1-20-5-11-27(12-6-20)35-19-31-30(36-28-13-7-21(2)8-14-28)16-29(37-31)24-9-10-25-17-32(22(3)33,23(4)34)18-26(25)15-24/h5-15,29-31H,16-19H2,1-4H3/t29?,30-,31+/m0/s1. The molecule has 5 heteroatoms. The summed E-state index contributed by atoms with van der Waals surface area (Å²) < 4.78 is 19.0. The number of hydrogen-bond donors (Lipinski definition) is 0. The number of carbonyl (C=O) groups is 2. The Hall–Kier alpha value is -3.44. The van der Waals surface area contributed by atoms with E-state index in [2.05, 4.69) is 19.1 Å². The second-order valence-corrected chi connectivity index (χ2v) is 10.6. The predicted molar refractivity (Wildman–Crippen MR) is 142 cm³/mol. The van der Waals surface area contributed by atoms with Gasteiger partial charge >= 0.3 is 0 Å². The third-order valence-corrected chi connectivity index (χ3v) is 7.88. The molecule has 5 rings (SSSR count). The van der Waals surface area contributed by atoms with Crippen LogP contribution in [0.3, 0.4) is 0 Å². The number of carbonyl (C=O) groups excluding carboxylic acids is 2. The van der Waals surface area contributed by atoms with E-state index in [9.17, 15) is 9.59 Å². The fourth-order valence-electron chi connectivity index (χ4n) is 5.45. The van der Waals surface area contributed by atoms with E-state index in [4.69, 9.17) is 14.2 Å². The van der Waals surface area contributed by atoms with Crippen LogP contribution in [-0.4, -0.2) is 30.4 Å². The lowest BCUT2D eigenvalue weighted by Gasteiger charge is -2.21. The minimum Gasteiger partial charge on any atom is -0.491 e. The van der Waals surface area contributed by atoms with Gasteiger partial charge in [-0.15, -0.1) is 0 Å². The number of Topliss-reactive ketones (excluding diaryl/α,β-unsaturated/α-hetero) is 2. The van der Waals surface area contributed by atoms with E-state index < -0.39 is 5.41 Å². The lowest BCUT2D eigenvalue weighted by atomic mass is 9.77. The first-order valence-corrected chi connectivity index (χ1v) is 13.0. The molecule has 1 heterocycles. The van der Waals surface area contributed by atoms with E-state index in [0.29, 0.717) is 25.9 Å². The molecule has 5 nitrogen and oxygen atoms in total. The molecule has 192 valence electrons. The van der Waals surface area contributed by atoms with Gasteiger partial charge < -0.3 is 14.2 Å². The van der Waals surface area contributed by atoms with Crippen LogP contribution in [0.1, 0.15) is 54.2 Å². The first kappa shape index (κ1) is 25.2. The number of ether oxygens (including phenoxy) is 3. The Morgan fingerprint density at radius 1 is 0.838 bits per heavy atom. The number of aryl methyl sites for hydroxylation is 2. The molecule has 0 bridgehead atoms. The first-order valence-electron chi connectivity index (χ1n) is 13.0. The summed E-state index contributed by atoms with van der Waals surface area (Å²) in [7, 11) is 0. The van der Waals surface area contributed by atoms with E-state index >= 15 is 0 Å². The van der Waals surface area contributed by atoms with Gasteiger partial charge in [-0.3, -0.25) is 9.59 Å². The van der Waals surface area contributed by atoms with Crippen LogP contribution in [0.5, 0.6) is 11.5 Å². The molecule has 0 spiro atoms. The minimum atomic E-state index is -0.932. The molecule has 3 atom stereocenters. The Balaban J connectivity index is 1.35. The van der Waals surface area contributed by atoms with Crippen LogP contribution in [0.2, 0.25) is 0 Å². The molecule has 1 fully saturated rings. The summed E-state index contributed by atoms with van der Waals surface area (Å²) in [6.45, 7) is 7.53. The normalized spacial score (nSPS) is 21.9. The van der Waals surface area contributed by atoms with Crippen LogP contribution >= 0.6 is 0 Å². The SMILES string of the molecule is CC(=O)C1(C(C)=O)Cc2ccc(C3C[C@H](Oc4ccc(C)cc4)[C@@H](COc4ccc(C)cc4)O3)cc2C1. The van der Waals surface area contributed by atoms with Crippen molar-refractivity contribution < 1.29 is 23.8 Å². The smallest absolute Gasteiger partial charge is 0.144 e. The molecule has 1 aliphatic heterocycles. The van der Waals surface area contributed by atoms with Crippen LogP contribution in [-0.2, 0) is 27.2 Å². The van der Waals surface area contributed by atoms with Crippen LogP contribution in [0.15, 0.2) is 66.7 Å². The Bertz CT molecular complexity index is 1280. The topological polar surface area (TPSA) is 61.8 Å². The van der Waals surface area contributed by atoms with E-state index in [1.165, 1.54) is 25.0 Å². The van der Waals surface area contributed by atoms with Crippen molar-refractivity contribution >= 4 is 11.6 Å². The van der Waals surface area contributed by atoms with Crippen LogP contribution in [0.25, 0.3) is 0 Å². The van der Waals surface area contributed by atoms with Gasteiger partial charge in [0.05, 0.1) is 11.5 Å². The van der Waals surface area contributed by atoms with Crippen molar-refractivity contribution in [2.45, 2.75) is 65.3 Å². The Morgan fingerprint density at radius 3 is 2.05 bits per heavy atom. The predicted octanol–water partition coefficient (Wildman–Crippen LogP) is 5.92. The summed E-state index contributed by atoms with van der Waals surface area (Å²) in [6, 6.07) is 22.3. The molecule has 0 aromatic heterocycles. The van der Waals surface area contributed by atoms with Crippen LogP contribution in [0, 0.1) is 19.3 Å². The zero-order valence-electron chi connectivity index (χ0n) is 22.0. The average molecular weight is 499 g/mol. The number of benzene rings is 3. The van der Waals surface area contributed by atoms with Gasteiger partial charge in [0.25, 0.3) is 0 Å². The second kappa shape index (κ2) is 10.1. The van der Waals surface area contributed by atoms with Gasteiger partial charge in [-0.2, -0.15) is 0 Å². The quantitative estimate of drug-likeness (QED) is 0.361. The summed E-state index contributed by atoms with van der Waals surface area (Å²) in [5.41, 5.74) is 4.59. The molecule has 0 saturated carbocycles. The molecule has 1 aliphatic carbocycles. The van der Waals surface area contributed by atoms with Gasteiger partial charge in [-0.25, -0.2) is 0 Å². The molecule has 0 N–H and O–H groups in total. The van der Waals surface area contributed by atoms with Gasteiger partial charge in [-0.05, 0) is 81.5 Å². The molecule has 1 unspecified atom stereocenters. The first-order chi connectivity index (χ1) is 17.7. The van der Waals surface area contributed by atoms with Gasteiger partial charge in [-0.1, -0.05) is 53.6 Å². The van der Waals surface area contributed by atoms with Gasteiger partial charge in [0.2, 0.25) is 0 Å².